The normalized spacial score (nSPS) is 14.3. The summed E-state index contributed by atoms with van der Waals surface area (Å²) < 4.78 is 78.9. The van der Waals surface area contributed by atoms with Crippen molar-refractivity contribution in [1.82, 2.24) is 0 Å². The molecular weight excluding hydrogens is 276 g/mol. The number of ether oxygens (including phenoxy) is 1. The van der Waals surface area contributed by atoms with E-state index in [0.717, 1.165) is 12.1 Å². The molecule has 0 aliphatic rings. The minimum atomic E-state index is -4.62. The van der Waals surface area contributed by atoms with Crippen LogP contribution in [0, 0.1) is 0 Å². The van der Waals surface area contributed by atoms with Gasteiger partial charge in [0.1, 0.15) is 5.75 Å². The summed E-state index contributed by atoms with van der Waals surface area (Å²) in [6.07, 6.45) is -11.8. The lowest BCUT2D eigenvalue weighted by molar-refractivity contribution is -0.196. The minimum Gasteiger partial charge on any atom is -0.481 e. The molecule has 0 fully saturated rings. The van der Waals surface area contributed by atoms with Gasteiger partial charge in [-0.15, -0.1) is 0 Å². The maximum atomic E-state index is 12.5. The van der Waals surface area contributed by atoms with Gasteiger partial charge in [-0.2, -0.15) is 26.3 Å². The highest BCUT2D eigenvalue weighted by molar-refractivity contribution is 5.29. The third kappa shape index (κ3) is 4.62. The summed E-state index contributed by atoms with van der Waals surface area (Å²) in [6.45, 7) is -0.245. The van der Waals surface area contributed by atoms with Crippen LogP contribution < -0.4 is 10.5 Å². The first-order valence-corrected chi connectivity index (χ1v) is 5.25. The molecule has 0 saturated heterocycles. The van der Waals surface area contributed by atoms with Gasteiger partial charge in [-0.1, -0.05) is 0 Å². The number of halogens is 6. The van der Waals surface area contributed by atoms with Gasteiger partial charge >= 0.3 is 12.4 Å². The summed E-state index contributed by atoms with van der Waals surface area (Å²) >= 11 is 0. The Morgan fingerprint density at radius 3 is 1.89 bits per heavy atom. The van der Waals surface area contributed by atoms with Gasteiger partial charge < -0.3 is 10.5 Å². The molecule has 0 saturated carbocycles. The van der Waals surface area contributed by atoms with Crippen LogP contribution in [-0.2, 0) is 6.18 Å². The molecule has 19 heavy (non-hydrogen) atoms. The minimum absolute atomic E-state index is 0.245. The predicted octanol–water partition coefficient (Wildman–Crippen LogP) is 3.36. The third-order valence-electron chi connectivity index (χ3n) is 2.25. The number of nitrogens with two attached hydrogens (primary N) is 1. The zero-order valence-corrected chi connectivity index (χ0v) is 9.55. The van der Waals surface area contributed by atoms with Gasteiger partial charge in [-0.3, -0.25) is 0 Å². The van der Waals surface area contributed by atoms with E-state index in [2.05, 4.69) is 4.74 Å². The second-order valence-electron chi connectivity index (χ2n) is 3.75. The van der Waals surface area contributed by atoms with Gasteiger partial charge in [-0.25, -0.2) is 0 Å². The number of rotatable bonds is 4. The van der Waals surface area contributed by atoms with E-state index in [1.807, 2.05) is 0 Å². The second-order valence-corrected chi connectivity index (χ2v) is 3.75. The highest BCUT2D eigenvalue weighted by Crippen LogP contribution is 2.32. The van der Waals surface area contributed by atoms with Crippen LogP contribution in [0.2, 0.25) is 0 Å². The van der Waals surface area contributed by atoms with Gasteiger partial charge in [0, 0.05) is 6.42 Å². The number of benzene rings is 1. The second kappa shape index (κ2) is 5.68. The summed E-state index contributed by atoms with van der Waals surface area (Å²) in [6, 6.07) is 3.01. The molecule has 2 nitrogen and oxygen atoms in total. The van der Waals surface area contributed by atoms with Gasteiger partial charge in [0.15, 0.2) is 6.10 Å². The van der Waals surface area contributed by atoms with E-state index in [1.54, 1.807) is 0 Å². The summed E-state index contributed by atoms with van der Waals surface area (Å²) in [5, 5.41) is 0. The molecule has 0 spiro atoms. The molecule has 1 aromatic carbocycles. The molecule has 0 aliphatic carbocycles. The lowest BCUT2D eigenvalue weighted by Crippen LogP contribution is -2.36. The van der Waals surface area contributed by atoms with Crippen LogP contribution in [-0.4, -0.2) is 18.8 Å². The van der Waals surface area contributed by atoms with Crippen LogP contribution in [0.3, 0.4) is 0 Å². The zero-order valence-electron chi connectivity index (χ0n) is 9.55. The van der Waals surface area contributed by atoms with Crippen molar-refractivity contribution < 1.29 is 31.1 Å². The zero-order chi connectivity index (χ0) is 14.7. The van der Waals surface area contributed by atoms with Crippen molar-refractivity contribution >= 4 is 0 Å². The van der Waals surface area contributed by atoms with Crippen molar-refractivity contribution in [3.63, 3.8) is 0 Å². The molecule has 2 N–H and O–H groups in total. The monoisotopic (exact) mass is 287 g/mol. The van der Waals surface area contributed by atoms with E-state index in [9.17, 15) is 26.3 Å². The highest BCUT2D eigenvalue weighted by Gasteiger charge is 2.41. The Morgan fingerprint density at radius 1 is 1.00 bits per heavy atom. The van der Waals surface area contributed by atoms with Crippen LogP contribution in [0.25, 0.3) is 0 Å². The summed E-state index contributed by atoms with van der Waals surface area (Å²) in [4.78, 5) is 0. The molecule has 0 heterocycles. The first kappa shape index (κ1) is 15.6. The smallest absolute Gasteiger partial charge is 0.425 e. The van der Waals surface area contributed by atoms with Gasteiger partial charge in [0.25, 0.3) is 0 Å². The lowest BCUT2D eigenvalue weighted by atomic mass is 10.2. The quantitative estimate of drug-likeness (QED) is 0.862. The van der Waals surface area contributed by atoms with Crippen LogP contribution in [0.4, 0.5) is 26.3 Å². The van der Waals surface area contributed by atoms with E-state index in [0.29, 0.717) is 12.1 Å². The molecule has 0 bridgehead atoms. The fourth-order valence-corrected chi connectivity index (χ4v) is 1.33. The van der Waals surface area contributed by atoms with Crippen molar-refractivity contribution in [2.45, 2.75) is 24.9 Å². The number of hydrogen-bond donors (Lipinski definition) is 1. The predicted molar refractivity (Wildman–Crippen MR) is 55.6 cm³/mol. The molecule has 1 atom stereocenters. The van der Waals surface area contributed by atoms with Crippen LogP contribution >= 0.6 is 0 Å². The van der Waals surface area contributed by atoms with Gasteiger partial charge in [0.05, 0.1) is 5.56 Å². The largest absolute Gasteiger partial charge is 0.481 e. The molecule has 0 amide bonds. The Hall–Kier alpha value is -1.44. The van der Waals surface area contributed by atoms with Gasteiger partial charge in [-0.05, 0) is 30.8 Å². The maximum Gasteiger partial charge on any atom is 0.425 e. The molecule has 1 unspecified atom stereocenters. The Morgan fingerprint density at radius 2 is 1.53 bits per heavy atom. The van der Waals surface area contributed by atoms with Crippen molar-refractivity contribution in [3.05, 3.63) is 29.8 Å². The Kier molecular flexibility index (Phi) is 4.67. The topological polar surface area (TPSA) is 35.2 Å². The fraction of sp³-hybridized carbons (Fsp3) is 0.455. The molecule has 1 aromatic rings. The average molecular weight is 287 g/mol. The maximum absolute atomic E-state index is 12.5. The number of hydrogen-bond acceptors (Lipinski definition) is 2. The SMILES string of the molecule is NCCC(Oc1ccc(C(F)(F)F)cc1)C(F)(F)F. The first-order chi connectivity index (χ1) is 8.64. The lowest BCUT2D eigenvalue weighted by Gasteiger charge is -2.21. The Labute approximate surface area is 105 Å². The van der Waals surface area contributed by atoms with Crippen LogP contribution in [0.1, 0.15) is 12.0 Å². The fourth-order valence-electron chi connectivity index (χ4n) is 1.33. The molecule has 0 radical (unpaired) electrons. The molecule has 1 rings (SSSR count). The Bertz CT molecular complexity index is 397. The van der Waals surface area contributed by atoms with E-state index in [1.165, 1.54) is 0 Å². The molecule has 8 heteroatoms. The van der Waals surface area contributed by atoms with Gasteiger partial charge in [0.2, 0.25) is 0 Å². The molecular formula is C11H11F6NO. The third-order valence-corrected chi connectivity index (χ3v) is 2.25. The van der Waals surface area contributed by atoms with Crippen molar-refractivity contribution in [2.75, 3.05) is 6.54 Å². The van der Waals surface area contributed by atoms with E-state index in [-0.39, 0.29) is 12.3 Å². The highest BCUT2D eigenvalue weighted by atomic mass is 19.4. The summed E-state index contributed by atoms with van der Waals surface area (Å²) in [5.41, 5.74) is 4.08. The number of alkyl halides is 6. The summed E-state index contributed by atoms with van der Waals surface area (Å²) in [5.74, 6) is -0.288. The van der Waals surface area contributed by atoms with Crippen LogP contribution in [0.15, 0.2) is 24.3 Å². The van der Waals surface area contributed by atoms with Crippen LogP contribution in [0.5, 0.6) is 5.75 Å². The first-order valence-electron chi connectivity index (χ1n) is 5.25. The van der Waals surface area contributed by atoms with E-state index < -0.39 is 30.4 Å². The summed E-state index contributed by atoms with van der Waals surface area (Å²) in [7, 11) is 0. The molecule has 0 aliphatic heterocycles. The van der Waals surface area contributed by atoms with Crippen molar-refractivity contribution in [2.24, 2.45) is 5.73 Å². The van der Waals surface area contributed by atoms with E-state index in [4.69, 9.17) is 5.73 Å². The van der Waals surface area contributed by atoms with Crippen molar-refractivity contribution in [3.8, 4) is 5.75 Å². The average Bonchev–Trinajstić information content (AvgIpc) is 2.26. The molecule has 0 aromatic heterocycles. The standard InChI is InChI=1S/C11H11F6NO/c12-10(13,14)7-1-3-8(4-2-7)19-9(5-6-18)11(15,16)17/h1-4,9H,5-6,18H2. The molecule has 108 valence electrons. The van der Waals surface area contributed by atoms with Crippen molar-refractivity contribution in [1.29, 1.82) is 0 Å². The Balaban J connectivity index is 2.81. The van der Waals surface area contributed by atoms with E-state index >= 15 is 0 Å².